The first-order valence-electron chi connectivity index (χ1n) is 11.7. The fraction of sp³-hybridized carbons (Fsp3) is 0.440. The van der Waals surface area contributed by atoms with Crippen molar-refractivity contribution in [2.24, 2.45) is 0 Å². The highest BCUT2D eigenvalue weighted by atomic mass is 32.1. The molecule has 184 valence electrons. The molecular formula is C25H31N7O2S. The Morgan fingerprint density at radius 2 is 1.74 bits per heavy atom. The van der Waals surface area contributed by atoms with Crippen molar-refractivity contribution in [2.45, 2.75) is 32.4 Å². The van der Waals surface area contributed by atoms with Gasteiger partial charge >= 0.3 is 0 Å². The molecule has 1 saturated heterocycles. The smallest absolute Gasteiger partial charge is 0.186 e. The summed E-state index contributed by atoms with van der Waals surface area (Å²) in [6, 6.07) is 14.0. The first-order chi connectivity index (χ1) is 16.9. The maximum atomic E-state index is 5.79. The lowest BCUT2D eigenvalue weighted by Crippen LogP contribution is -2.48. The predicted octanol–water partition coefficient (Wildman–Crippen LogP) is 3.97. The molecule has 1 fully saturated rings. The molecule has 2 aromatic carbocycles. The number of piperazine rings is 1. The number of rotatable bonds is 6. The first kappa shape index (κ1) is 23.5. The van der Waals surface area contributed by atoms with Gasteiger partial charge in [0.25, 0.3) is 0 Å². The molecular weight excluding hydrogens is 462 g/mol. The van der Waals surface area contributed by atoms with Crippen molar-refractivity contribution >= 4 is 26.7 Å². The molecule has 1 atom stereocenters. The molecule has 0 saturated carbocycles. The molecule has 3 heterocycles. The third-order valence-electron chi connectivity index (χ3n) is 6.34. The van der Waals surface area contributed by atoms with E-state index < -0.39 is 0 Å². The maximum Gasteiger partial charge on any atom is 0.186 e. The molecule has 1 aliphatic rings. The van der Waals surface area contributed by atoms with E-state index in [2.05, 4.69) is 64.3 Å². The van der Waals surface area contributed by atoms with Gasteiger partial charge in [0, 0.05) is 31.7 Å². The lowest BCUT2D eigenvalue weighted by Gasteiger charge is -2.39. The number of para-hydroxylation sites is 1. The van der Waals surface area contributed by atoms with E-state index in [0.29, 0.717) is 0 Å². The van der Waals surface area contributed by atoms with E-state index in [1.54, 1.807) is 25.6 Å². The normalized spacial score (nSPS) is 16.0. The molecule has 0 spiro atoms. The molecule has 0 unspecified atom stereocenters. The molecule has 0 bridgehead atoms. The van der Waals surface area contributed by atoms with E-state index >= 15 is 0 Å². The number of hydrogen-bond donors (Lipinski definition) is 0. The van der Waals surface area contributed by atoms with Gasteiger partial charge < -0.3 is 14.4 Å². The molecule has 10 heteroatoms. The van der Waals surface area contributed by atoms with Crippen LogP contribution >= 0.6 is 11.3 Å². The fourth-order valence-corrected chi connectivity index (χ4v) is 5.58. The van der Waals surface area contributed by atoms with Gasteiger partial charge in [-0.1, -0.05) is 23.5 Å². The maximum absolute atomic E-state index is 5.79. The molecule has 0 N–H and O–H groups in total. The van der Waals surface area contributed by atoms with Crippen LogP contribution in [-0.2, 0) is 5.54 Å². The van der Waals surface area contributed by atoms with E-state index in [1.165, 1.54) is 4.70 Å². The Kier molecular flexibility index (Phi) is 6.33. The number of thiazole rings is 1. The molecule has 5 rings (SSSR count). The quantitative estimate of drug-likeness (QED) is 0.399. The van der Waals surface area contributed by atoms with Crippen LogP contribution in [0.1, 0.15) is 38.2 Å². The summed E-state index contributed by atoms with van der Waals surface area (Å²) in [5, 5.41) is 14.0. The summed E-state index contributed by atoms with van der Waals surface area (Å²) in [6.07, 6.45) is 0. The number of anilines is 1. The van der Waals surface area contributed by atoms with Crippen LogP contribution in [0.15, 0.2) is 42.5 Å². The number of fused-ring (bicyclic) bond motifs is 1. The summed E-state index contributed by atoms with van der Waals surface area (Å²) >= 11 is 1.75. The Balaban J connectivity index is 1.49. The van der Waals surface area contributed by atoms with Crippen LogP contribution in [0.4, 0.5) is 5.13 Å². The second-order valence-electron chi connectivity index (χ2n) is 9.62. The van der Waals surface area contributed by atoms with Gasteiger partial charge in [0.05, 0.1) is 30.0 Å². The van der Waals surface area contributed by atoms with Crippen molar-refractivity contribution in [3.8, 4) is 11.5 Å². The van der Waals surface area contributed by atoms with E-state index in [9.17, 15) is 0 Å². The summed E-state index contributed by atoms with van der Waals surface area (Å²) in [5.74, 6) is 2.35. The zero-order chi connectivity index (χ0) is 24.6. The number of nitrogens with zero attached hydrogens (tertiary/aromatic N) is 7. The molecule has 0 aliphatic carbocycles. The highest BCUT2D eigenvalue weighted by Gasteiger charge is 2.35. The van der Waals surface area contributed by atoms with Gasteiger partial charge in [-0.15, -0.1) is 5.10 Å². The number of tetrazole rings is 1. The Hall–Kier alpha value is -3.24. The molecule has 9 nitrogen and oxygen atoms in total. The molecule has 0 radical (unpaired) electrons. The van der Waals surface area contributed by atoms with Crippen LogP contribution in [-0.4, -0.2) is 70.5 Å². The van der Waals surface area contributed by atoms with Crippen molar-refractivity contribution in [3.05, 3.63) is 53.9 Å². The molecule has 4 aromatic rings. The number of ether oxygens (including phenoxy) is 2. The summed E-state index contributed by atoms with van der Waals surface area (Å²) in [4.78, 5) is 9.66. The van der Waals surface area contributed by atoms with Gasteiger partial charge in [-0.05, 0) is 61.5 Å². The molecule has 1 aliphatic heterocycles. The Bertz CT molecular complexity index is 1270. The summed E-state index contributed by atoms with van der Waals surface area (Å²) < 4.78 is 14.5. The van der Waals surface area contributed by atoms with E-state index in [4.69, 9.17) is 14.5 Å². The van der Waals surface area contributed by atoms with Crippen molar-refractivity contribution in [1.82, 2.24) is 30.1 Å². The third kappa shape index (κ3) is 4.55. The lowest BCUT2D eigenvalue weighted by atomic mass is 10.00. The van der Waals surface area contributed by atoms with Crippen LogP contribution in [0.3, 0.4) is 0 Å². The standard InChI is InChI=1S/C25H31N7O2S/c1-25(2,3)32-23(27-28-29-32)22(18-16-17(33-4)10-11-20(18)34-5)30-12-14-31(15-13-30)24-26-19-8-6-7-9-21(19)35-24/h6-11,16,22H,12-15H2,1-5H3/t22-/m0/s1. The van der Waals surface area contributed by atoms with Gasteiger partial charge in [0.15, 0.2) is 11.0 Å². The van der Waals surface area contributed by atoms with E-state index in [1.807, 2.05) is 28.9 Å². The van der Waals surface area contributed by atoms with Crippen LogP contribution in [0.25, 0.3) is 10.2 Å². The Morgan fingerprint density at radius 3 is 2.43 bits per heavy atom. The summed E-state index contributed by atoms with van der Waals surface area (Å²) in [5.41, 5.74) is 1.77. The van der Waals surface area contributed by atoms with Crippen molar-refractivity contribution in [1.29, 1.82) is 0 Å². The average Bonchev–Trinajstić information content (AvgIpc) is 3.52. The van der Waals surface area contributed by atoms with Crippen molar-refractivity contribution < 1.29 is 9.47 Å². The number of methoxy groups -OCH3 is 2. The summed E-state index contributed by atoms with van der Waals surface area (Å²) in [6.45, 7) is 9.71. The largest absolute Gasteiger partial charge is 0.497 e. The van der Waals surface area contributed by atoms with Crippen molar-refractivity contribution in [3.63, 3.8) is 0 Å². The lowest BCUT2D eigenvalue weighted by molar-refractivity contribution is 0.188. The van der Waals surface area contributed by atoms with Crippen LogP contribution in [0, 0.1) is 0 Å². The zero-order valence-corrected chi connectivity index (χ0v) is 21.6. The van der Waals surface area contributed by atoms with Crippen LogP contribution in [0.2, 0.25) is 0 Å². The first-order valence-corrected chi connectivity index (χ1v) is 12.6. The minimum absolute atomic E-state index is 0.188. The second kappa shape index (κ2) is 9.43. The third-order valence-corrected chi connectivity index (χ3v) is 7.43. The Labute approximate surface area is 209 Å². The highest BCUT2D eigenvalue weighted by Crippen LogP contribution is 2.38. The molecule has 35 heavy (non-hydrogen) atoms. The predicted molar refractivity (Wildman–Crippen MR) is 138 cm³/mol. The molecule has 0 amide bonds. The monoisotopic (exact) mass is 493 g/mol. The summed E-state index contributed by atoms with van der Waals surface area (Å²) in [7, 11) is 3.37. The van der Waals surface area contributed by atoms with Gasteiger partial charge in [-0.3, -0.25) is 4.90 Å². The average molecular weight is 494 g/mol. The SMILES string of the molecule is COc1ccc(OC)c([C@@H](c2nnnn2C(C)(C)C)N2CCN(c3nc4ccccc4s3)CC2)c1. The zero-order valence-electron chi connectivity index (χ0n) is 20.8. The van der Waals surface area contributed by atoms with E-state index in [-0.39, 0.29) is 11.6 Å². The van der Waals surface area contributed by atoms with Gasteiger partial charge in [0.2, 0.25) is 0 Å². The van der Waals surface area contributed by atoms with Gasteiger partial charge in [0.1, 0.15) is 17.5 Å². The number of benzene rings is 2. The van der Waals surface area contributed by atoms with E-state index in [0.717, 1.165) is 59.7 Å². The minimum atomic E-state index is -0.272. The van der Waals surface area contributed by atoms with Crippen LogP contribution < -0.4 is 14.4 Å². The molecule has 2 aromatic heterocycles. The van der Waals surface area contributed by atoms with Crippen LogP contribution in [0.5, 0.6) is 11.5 Å². The van der Waals surface area contributed by atoms with Gasteiger partial charge in [-0.25, -0.2) is 9.67 Å². The number of aromatic nitrogens is 5. The van der Waals surface area contributed by atoms with Gasteiger partial charge in [-0.2, -0.15) is 0 Å². The number of hydrogen-bond acceptors (Lipinski definition) is 9. The second-order valence-corrected chi connectivity index (χ2v) is 10.6. The Morgan fingerprint density at radius 1 is 0.971 bits per heavy atom. The minimum Gasteiger partial charge on any atom is -0.497 e. The topological polar surface area (TPSA) is 81.4 Å². The highest BCUT2D eigenvalue weighted by molar-refractivity contribution is 7.22. The fourth-order valence-electron chi connectivity index (χ4n) is 4.56. The van der Waals surface area contributed by atoms with Crippen molar-refractivity contribution in [2.75, 3.05) is 45.3 Å².